The third kappa shape index (κ3) is 1.70. The van der Waals surface area contributed by atoms with Crippen LogP contribution in [0.4, 0.5) is 0 Å². The van der Waals surface area contributed by atoms with Gasteiger partial charge in [-0.15, -0.1) is 0 Å². The van der Waals surface area contributed by atoms with Gasteiger partial charge in [0.25, 0.3) is 0 Å². The van der Waals surface area contributed by atoms with Crippen LogP contribution in [0.1, 0.15) is 52.9 Å². The number of nitrogens with one attached hydrogen (secondary N) is 1. The highest BCUT2D eigenvalue weighted by molar-refractivity contribution is 5.07. The molecule has 4 unspecified atom stereocenters. The quantitative estimate of drug-likeness (QED) is 0.726. The van der Waals surface area contributed by atoms with Crippen LogP contribution in [0, 0.1) is 5.41 Å². The minimum Gasteiger partial charge on any atom is -0.389 e. The molecule has 2 nitrogen and oxygen atoms in total. The van der Waals surface area contributed by atoms with E-state index in [1.54, 1.807) is 0 Å². The lowest BCUT2D eigenvalue weighted by Crippen LogP contribution is -2.46. The Kier molecular flexibility index (Phi) is 2.39. The lowest BCUT2D eigenvalue weighted by atomic mass is 9.99. The molecule has 2 N–H and O–H groups in total. The van der Waals surface area contributed by atoms with E-state index in [4.69, 9.17) is 0 Å². The molecule has 0 saturated heterocycles. The first-order chi connectivity index (χ1) is 6.48. The van der Waals surface area contributed by atoms with Crippen LogP contribution in [-0.2, 0) is 0 Å². The van der Waals surface area contributed by atoms with E-state index < -0.39 is 5.60 Å². The van der Waals surface area contributed by atoms with Crippen LogP contribution in [0.15, 0.2) is 0 Å². The van der Waals surface area contributed by atoms with Crippen LogP contribution >= 0.6 is 0 Å². The van der Waals surface area contributed by atoms with E-state index in [1.807, 2.05) is 6.92 Å². The molecule has 2 aliphatic carbocycles. The summed E-state index contributed by atoms with van der Waals surface area (Å²) in [6.45, 7) is 6.58. The normalized spacial score (nSPS) is 52.3. The van der Waals surface area contributed by atoms with E-state index >= 15 is 0 Å². The van der Waals surface area contributed by atoms with E-state index in [2.05, 4.69) is 19.2 Å². The first kappa shape index (κ1) is 10.4. The van der Waals surface area contributed by atoms with Gasteiger partial charge in [-0.05, 0) is 44.4 Å². The molecule has 2 heteroatoms. The number of hydrogen-bond acceptors (Lipinski definition) is 2. The summed E-state index contributed by atoms with van der Waals surface area (Å²) >= 11 is 0. The van der Waals surface area contributed by atoms with E-state index in [0.29, 0.717) is 17.5 Å². The topological polar surface area (TPSA) is 32.3 Å². The number of rotatable bonds is 3. The molecule has 0 bridgehead atoms. The van der Waals surface area contributed by atoms with Gasteiger partial charge in [0.1, 0.15) is 0 Å². The molecule has 82 valence electrons. The van der Waals surface area contributed by atoms with Gasteiger partial charge >= 0.3 is 0 Å². The van der Waals surface area contributed by atoms with Crippen molar-refractivity contribution in [2.24, 2.45) is 5.41 Å². The molecule has 0 spiro atoms. The van der Waals surface area contributed by atoms with Gasteiger partial charge in [-0.3, -0.25) is 0 Å². The summed E-state index contributed by atoms with van der Waals surface area (Å²) in [4.78, 5) is 0. The molecule has 0 aliphatic heterocycles. The number of hydrogen-bond donors (Lipinski definition) is 2. The van der Waals surface area contributed by atoms with E-state index in [1.165, 1.54) is 19.3 Å². The van der Waals surface area contributed by atoms with E-state index in [9.17, 15) is 5.11 Å². The Morgan fingerprint density at radius 1 is 1.36 bits per heavy atom. The lowest BCUT2D eigenvalue weighted by Gasteiger charge is -2.27. The van der Waals surface area contributed by atoms with Crippen LogP contribution in [0.3, 0.4) is 0 Å². The monoisotopic (exact) mass is 197 g/mol. The maximum Gasteiger partial charge on any atom is 0.0772 e. The highest BCUT2D eigenvalue weighted by atomic mass is 16.3. The highest BCUT2D eigenvalue weighted by Gasteiger charge is 2.51. The molecule has 0 aromatic carbocycles. The van der Waals surface area contributed by atoms with Gasteiger partial charge in [0.05, 0.1) is 5.60 Å². The average Bonchev–Trinajstić information content (AvgIpc) is 2.63. The summed E-state index contributed by atoms with van der Waals surface area (Å²) in [6, 6.07) is 0.989. The van der Waals surface area contributed by atoms with Crippen molar-refractivity contribution in [2.45, 2.75) is 70.6 Å². The third-order valence-electron chi connectivity index (χ3n) is 4.49. The zero-order chi connectivity index (χ0) is 10.4. The Morgan fingerprint density at radius 3 is 2.50 bits per heavy atom. The Bertz CT molecular complexity index is 226. The van der Waals surface area contributed by atoms with Gasteiger partial charge in [-0.2, -0.15) is 0 Å². The van der Waals surface area contributed by atoms with Crippen molar-refractivity contribution in [3.8, 4) is 0 Å². The van der Waals surface area contributed by atoms with E-state index in [-0.39, 0.29) is 0 Å². The second-order valence-corrected chi connectivity index (χ2v) is 5.73. The molecule has 0 aromatic rings. The lowest BCUT2D eigenvalue weighted by molar-refractivity contribution is 0.0375. The summed E-state index contributed by atoms with van der Waals surface area (Å²) in [5.74, 6) is 0. The Balaban J connectivity index is 1.88. The zero-order valence-electron chi connectivity index (χ0n) is 9.64. The first-order valence-electron chi connectivity index (χ1n) is 5.96. The predicted molar refractivity (Wildman–Crippen MR) is 58.2 cm³/mol. The van der Waals surface area contributed by atoms with Crippen molar-refractivity contribution >= 4 is 0 Å². The second kappa shape index (κ2) is 3.21. The van der Waals surface area contributed by atoms with Crippen LogP contribution in [0.25, 0.3) is 0 Å². The van der Waals surface area contributed by atoms with Gasteiger partial charge in [0.2, 0.25) is 0 Å². The highest BCUT2D eigenvalue weighted by Crippen LogP contribution is 2.49. The maximum atomic E-state index is 10.1. The average molecular weight is 197 g/mol. The fourth-order valence-electron chi connectivity index (χ4n) is 2.71. The fraction of sp³-hybridized carbons (Fsp3) is 1.00. The Labute approximate surface area is 87.1 Å². The summed E-state index contributed by atoms with van der Waals surface area (Å²) < 4.78 is 0. The maximum absolute atomic E-state index is 10.1. The summed E-state index contributed by atoms with van der Waals surface area (Å²) in [5, 5.41) is 13.7. The van der Waals surface area contributed by atoms with Crippen molar-refractivity contribution in [1.29, 1.82) is 0 Å². The van der Waals surface area contributed by atoms with Crippen molar-refractivity contribution in [1.82, 2.24) is 5.32 Å². The van der Waals surface area contributed by atoms with Crippen LogP contribution < -0.4 is 5.32 Å². The van der Waals surface area contributed by atoms with Crippen molar-refractivity contribution in [3.05, 3.63) is 0 Å². The van der Waals surface area contributed by atoms with Gasteiger partial charge < -0.3 is 10.4 Å². The molecular weight excluding hydrogens is 174 g/mol. The molecule has 14 heavy (non-hydrogen) atoms. The van der Waals surface area contributed by atoms with Crippen LogP contribution in [0.5, 0.6) is 0 Å². The third-order valence-corrected chi connectivity index (χ3v) is 4.49. The standard InChI is InChI=1S/C12H23NO/c1-4-11(2)8-10(11)13-9-6-5-7-12(9,3)14/h9-10,13-14H,4-8H2,1-3H3. The summed E-state index contributed by atoms with van der Waals surface area (Å²) in [5.41, 5.74) is 0.0515. The van der Waals surface area contributed by atoms with Crippen molar-refractivity contribution in [3.63, 3.8) is 0 Å². The van der Waals surface area contributed by atoms with Crippen molar-refractivity contribution in [2.75, 3.05) is 0 Å². The molecule has 0 amide bonds. The Morgan fingerprint density at radius 2 is 2.07 bits per heavy atom. The first-order valence-corrected chi connectivity index (χ1v) is 5.96. The summed E-state index contributed by atoms with van der Waals surface area (Å²) in [6.07, 6.45) is 5.80. The van der Waals surface area contributed by atoms with E-state index in [0.717, 1.165) is 12.8 Å². The van der Waals surface area contributed by atoms with Gasteiger partial charge in [0.15, 0.2) is 0 Å². The largest absolute Gasteiger partial charge is 0.389 e. The van der Waals surface area contributed by atoms with Crippen LogP contribution in [-0.4, -0.2) is 22.8 Å². The summed E-state index contributed by atoms with van der Waals surface area (Å²) in [7, 11) is 0. The fourth-order valence-corrected chi connectivity index (χ4v) is 2.71. The molecule has 2 aliphatic rings. The molecule has 0 heterocycles. The molecular formula is C12H23NO. The van der Waals surface area contributed by atoms with Gasteiger partial charge in [-0.1, -0.05) is 13.8 Å². The van der Waals surface area contributed by atoms with Gasteiger partial charge in [-0.25, -0.2) is 0 Å². The minimum absolute atomic E-state index is 0.334. The molecule has 2 saturated carbocycles. The predicted octanol–water partition coefficient (Wildman–Crippen LogP) is 2.07. The minimum atomic E-state index is -0.461. The molecule has 0 aromatic heterocycles. The molecule has 2 rings (SSSR count). The molecule has 4 atom stereocenters. The van der Waals surface area contributed by atoms with Crippen molar-refractivity contribution < 1.29 is 5.11 Å². The SMILES string of the molecule is CCC1(C)CC1NC1CCCC1(C)O. The molecule has 2 fully saturated rings. The Hall–Kier alpha value is -0.0800. The smallest absolute Gasteiger partial charge is 0.0772 e. The zero-order valence-corrected chi connectivity index (χ0v) is 9.64. The van der Waals surface area contributed by atoms with Crippen LogP contribution in [0.2, 0.25) is 0 Å². The molecule has 0 radical (unpaired) electrons. The van der Waals surface area contributed by atoms with Gasteiger partial charge in [0, 0.05) is 12.1 Å². The second-order valence-electron chi connectivity index (χ2n) is 5.73. The number of aliphatic hydroxyl groups is 1.